The minimum absolute atomic E-state index is 0.0167. The van der Waals surface area contributed by atoms with Crippen molar-refractivity contribution in [3.8, 4) is 0 Å². The van der Waals surface area contributed by atoms with Gasteiger partial charge < -0.3 is 5.73 Å². The summed E-state index contributed by atoms with van der Waals surface area (Å²) in [6, 6.07) is 0. The lowest BCUT2D eigenvalue weighted by atomic mass is 9.98. The standard InChI is InChI=1S/C22H35F2NO/c1-2-3-4-5-6-7-8-9-10-11-12-13-14-15-16-17-18-20(19-25)21(26)22(23)24/h6-7,9-10,12-13,15-16,20,22H,2-5,8,11,14,17-19,25H2,1H3. The number of rotatable bonds is 16. The molecule has 0 bridgehead atoms. The van der Waals surface area contributed by atoms with E-state index in [-0.39, 0.29) is 6.54 Å². The number of nitrogens with two attached hydrogens (primary N) is 1. The molecule has 2 N–H and O–H groups in total. The fourth-order valence-electron chi connectivity index (χ4n) is 2.41. The Hall–Kier alpha value is -1.55. The Morgan fingerprint density at radius 1 is 0.846 bits per heavy atom. The average molecular weight is 368 g/mol. The summed E-state index contributed by atoms with van der Waals surface area (Å²) in [6.07, 6.45) is 22.7. The van der Waals surface area contributed by atoms with Crippen molar-refractivity contribution in [2.75, 3.05) is 6.54 Å². The van der Waals surface area contributed by atoms with Crippen LogP contribution in [0.15, 0.2) is 48.6 Å². The summed E-state index contributed by atoms with van der Waals surface area (Å²) in [7, 11) is 0. The molecule has 0 amide bonds. The number of carbonyl (C=O) groups is 1. The number of alkyl halides is 2. The molecule has 0 saturated heterocycles. The molecule has 148 valence electrons. The maximum atomic E-state index is 12.3. The maximum absolute atomic E-state index is 12.3. The molecule has 2 nitrogen and oxygen atoms in total. The summed E-state index contributed by atoms with van der Waals surface area (Å²) in [6.45, 7) is 2.20. The van der Waals surface area contributed by atoms with Gasteiger partial charge >= 0.3 is 0 Å². The number of halogens is 2. The zero-order valence-corrected chi connectivity index (χ0v) is 16.1. The quantitative estimate of drug-likeness (QED) is 0.262. The van der Waals surface area contributed by atoms with Crippen LogP contribution in [0.2, 0.25) is 0 Å². The lowest BCUT2D eigenvalue weighted by Gasteiger charge is -2.10. The zero-order valence-electron chi connectivity index (χ0n) is 16.1. The Balaban J connectivity index is 3.69. The van der Waals surface area contributed by atoms with Gasteiger partial charge in [0, 0.05) is 12.5 Å². The van der Waals surface area contributed by atoms with Gasteiger partial charge in [-0.05, 0) is 44.9 Å². The van der Waals surface area contributed by atoms with Crippen molar-refractivity contribution in [3.63, 3.8) is 0 Å². The summed E-state index contributed by atoms with van der Waals surface area (Å²) in [5.41, 5.74) is 5.38. The first kappa shape index (κ1) is 24.5. The highest BCUT2D eigenvalue weighted by molar-refractivity contribution is 5.84. The Morgan fingerprint density at radius 2 is 1.35 bits per heavy atom. The molecule has 0 aliphatic carbocycles. The molecule has 26 heavy (non-hydrogen) atoms. The number of hydrogen-bond acceptors (Lipinski definition) is 2. The van der Waals surface area contributed by atoms with E-state index in [4.69, 9.17) is 5.73 Å². The molecular formula is C22H35F2NO. The van der Waals surface area contributed by atoms with Crippen molar-refractivity contribution >= 4 is 5.78 Å². The fraction of sp³-hybridized carbons (Fsp3) is 0.591. The van der Waals surface area contributed by atoms with Gasteiger partial charge in [-0.3, -0.25) is 4.79 Å². The number of carbonyl (C=O) groups excluding carboxylic acids is 1. The number of Topliss-reactive ketones (excluding diaryl/α,β-unsaturated/α-hetero) is 1. The first-order valence-electron chi connectivity index (χ1n) is 9.75. The summed E-state index contributed by atoms with van der Waals surface area (Å²) >= 11 is 0. The van der Waals surface area contributed by atoms with Gasteiger partial charge in [0.2, 0.25) is 5.78 Å². The van der Waals surface area contributed by atoms with Crippen molar-refractivity contribution in [1.29, 1.82) is 0 Å². The molecule has 4 heteroatoms. The van der Waals surface area contributed by atoms with Crippen LogP contribution in [0.3, 0.4) is 0 Å². The van der Waals surface area contributed by atoms with Crippen LogP contribution in [0, 0.1) is 5.92 Å². The Labute approximate surface area is 157 Å². The number of hydrogen-bond donors (Lipinski definition) is 1. The van der Waals surface area contributed by atoms with Crippen LogP contribution >= 0.6 is 0 Å². The fourth-order valence-corrected chi connectivity index (χ4v) is 2.41. The molecule has 0 saturated carbocycles. The topological polar surface area (TPSA) is 43.1 Å². The smallest absolute Gasteiger partial charge is 0.296 e. The predicted octanol–water partition coefficient (Wildman–Crippen LogP) is 6.15. The van der Waals surface area contributed by atoms with E-state index in [1.54, 1.807) is 0 Å². The average Bonchev–Trinajstić information content (AvgIpc) is 2.64. The third kappa shape index (κ3) is 14.8. The molecule has 0 aliphatic heterocycles. The molecule has 1 unspecified atom stereocenters. The van der Waals surface area contributed by atoms with Crippen molar-refractivity contribution < 1.29 is 13.6 Å². The third-order valence-electron chi connectivity index (χ3n) is 4.04. The molecule has 0 heterocycles. The molecule has 0 spiro atoms. The van der Waals surface area contributed by atoms with Gasteiger partial charge in [-0.1, -0.05) is 68.4 Å². The molecule has 1 atom stereocenters. The minimum atomic E-state index is -2.92. The van der Waals surface area contributed by atoms with Crippen LogP contribution < -0.4 is 5.73 Å². The van der Waals surface area contributed by atoms with Gasteiger partial charge in [0.1, 0.15) is 0 Å². The number of ketones is 1. The Bertz CT molecular complexity index is 453. The van der Waals surface area contributed by atoms with Crippen LogP contribution in [-0.2, 0) is 4.79 Å². The van der Waals surface area contributed by atoms with Crippen molar-refractivity contribution in [2.24, 2.45) is 11.7 Å². The number of allylic oxidation sites excluding steroid dienone is 8. The van der Waals surface area contributed by atoms with E-state index < -0.39 is 18.1 Å². The zero-order chi connectivity index (χ0) is 19.5. The van der Waals surface area contributed by atoms with E-state index in [0.717, 1.165) is 19.3 Å². The van der Waals surface area contributed by atoms with Crippen molar-refractivity contribution in [3.05, 3.63) is 48.6 Å². The lowest BCUT2D eigenvalue weighted by Crippen LogP contribution is -2.28. The van der Waals surface area contributed by atoms with Crippen molar-refractivity contribution in [2.45, 2.75) is 71.1 Å². The van der Waals surface area contributed by atoms with Crippen LogP contribution in [-0.4, -0.2) is 18.8 Å². The predicted molar refractivity (Wildman–Crippen MR) is 107 cm³/mol. The Morgan fingerprint density at radius 3 is 1.81 bits per heavy atom. The molecule has 0 aromatic heterocycles. The molecule has 0 aromatic rings. The SMILES string of the molecule is CCCCCC=CCC=CCC=CCC=CCCC(CN)C(=O)C(F)F. The van der Waals surface area contributed by atoms with Crippen LogP contribution in [0.1, 0.15) is 64.7 Å². The van der Waals surface area contributed by atoms with Gasteiger partial charge in [0.05, 0.1) is 0 Å². The second kappa shape index (κ2) is 18.2. The van der Waals surface area contributed by atoms with Gasteiger partial charge in [-0.15, -0.1) is 0 Å². The van der Waals surface area contributed by atoms with Crippen LogP contribution in [0.4, 0.5) is 8.78 Å². The van der Waals surface area contributed by atoms with Gasteiger partial charge in [0.25, 0.3) is 6.43 Å². The lowest BCUT2D eigenvalue weighted by molar-refractivity contribution is -0.133. The monoisotopic (exact) mass is 367 g/mol. The van der Waals surface area contributed by atoms with E-state index in [0.29, 0.717) is 12.8 Å². The highest BCUT2D eigenvalue weighted by atomic mass is 19.3. The van der Waals surface area contributed by atoms with E-state index in [1.165, 1.54) is 25.7 Å². The molecule has 0 aromatic carbocycles. The van der Waals surface area contributed by atoms with Gasteiger partial charge in [-0.25, -0.2) is 8.78 Å². The normalized spacial score (nSPS) is 13.9. The Kier molecular flexibility index (Phi) is 17.2. The second-order valence-corrected chi connectivity index (χ2v) is 6.30. The third-order valence-corrected chi connectivity index (χ3v) is 4.04. The second-order valence-electron chi connectivity index (χ2n) is 6.30. The first-order valence-corrected chi connectivity index (χ1v) is 9.75. The summed E-state index contributed by atoms with van der Waals surface area (Å²) in [5, 5.41) is 0. The van der Waals surface area contributed by atoms with Gasteiger partial charge in [0.15, 0.2) is 0 Å². The maximum Gasteiger partial charge on any atom is 0.296 e. The number of unbranched alkanes of at least 4 members (excludes halogenated alkanes) is 3. The highest BCUT2D eigenvalue weighted by Gasteiger charge is 2.24. The van der Waals surface area contributed by atoms with Crippen molar-refractivity contribution in [1.82, 2.24) is 0 Å². The van der Waals surface area contributed by atoms with Crippen LogP contribution in [0.25, 0.3) is 0 Å². The van der Waals surface area contributed by atoms with Crippen LogP contribution in [0.5, 0.6) is 0 Å². The van der Waals surface area contributed by atoms with E-state index in [9.17, 15) is 13.6 Å². The summed E-state index contributed by atoms with van der Waals surface area (Å²) in [4.78, 5) is 11.2. The van der Waals surface area contributed by atoms with Gasteiger partial charge in [-0.2, -0.15) is 0 Å². The van der Waals surface area contributed by atoms with E-state index in [2.05, 4.69) is 43.4 Å². The molecule has 0 fully saturated rings. The molecular weight excluding hydrogens is 332 g/mol. The van der Waals surface area contributed by atoms with E-state index in [1.807, 2.05) is 12.2 Å². The molecule has 0 radical (unpaired) electrons. The minimum Gasteiger partial charge on any atom is -0.330 e. The molecule has 0 rings (SSSR count). The first-order chi connectivity index (χ1) is 12.6. The summed E-state index contributed by atoms with van der Waals surface area (Å²) in [5.74, 6) is -1.77. The largest absolute Gasteiger partial charge is 0.330 e. The summed E-state index contributed by atoms with van der Waals surface area (Å²) < 4.78 is 24.7. The van der Waals surface area contributed by atoms with E-state index >= 15 is 0 Å². The highest BCUT2D eigenvalue weighted by Crippen LogP contribution is 2.12. The molecule has 0 aliphatic rings.